The van der Waals surface area contributed by atoms with Crippen molar-refractivity contribution in [3.05, 3.63) is 28.2 Å². The Morgan fingerprint density at radius 1 is 1.23 bits per heavy atom. The quantitative estimate of drug-likeness (QED) is 0.617. The Balaban J connectivity index is 1.40. The third-order valence-electron chi connectivity index (χ3n) is 6.83. The monoisotopic (exact) mass is 478 g/mol. The number of carbonyl (C=O) groups excluding carboxylic acids is 2. The van der Waals surface area contributed by atoms with Crippen LogP contribution in [0.25, 0.3) is 0 Å². The minimum Gasteiger partial charge on any atom is -0.496 e. The molecule has 1 unspecified atom stereocenters. The van der Waals surface area contributed by atoms with Crippen molar-refractivity contribution in [2.24, 2.45) is 5.41 Å². The molecule has 1 atom stereocenters. The number of cyclic esters (lactones) is 1. The molecule has 0 N–H and O–H groups in total. The number of carbonyl (C=O) groups is 2. The molecule has 3 heterocycles. The van der Waals surface area contributed by atoms with Crippen LogP contribution in [0.15, 0.2) is 22.7 Å². The van der Waals surface area contributed by atoms with Gasteiger partial charge in [-0.25, -0.2) is 0 Å². The third-order valence-corrected chi connectivity index (χ3v) is 7.33. The number of piperidine rings is 2. The molecule has 1 amide bonds. The van der Waals surface area contributed by atoms with Crippen molar-refractivity contribution < 1.29 is 19.1 Å². The van der Waals surface area contributed by atoms with Gasteiger partial charge in [-0.05, 0) is 64.3 Å². The zero-order valence-electron chi connectivity index (χ0n) is 18.1. The van der Waals surface area contributed by atoms with Crippen molar-refractivity contribution in [3.63, 3.8) is 0 Å². The van der Waals surface area contributed by atoms with E-state index < -0.39 is 0 Å². The van der Waals surface area contributed by atoms with E-state index in [2.05, 4.69) is 20.8 Å². The van der Waals surface area contributed by atoms with Crippen molar-refractivity contribution in [2.45, 2.75) is 57.6 Å². The zero-order chi connectivity index (χ0) is 21.5. The lowest BCUT2D eigenvalue weighted by Gasteiger charge is -2.44. The van der Waals surface area contributed by atoms with Crippen molar-refractivity contribution >= 4 is 27.8 Å². The number of nitrogens with zero attached hydrogens (tertiary/aromatic N) is 2. The minimum atomic E-state index is -0.362. The maximum Gasteiger partial charge on any atom is 0.314 e. The highest BCUT2D eigenvalue weighted by atomic mass is 79.9. The molecule has 3 aliphatic heterocycles. The Kier molecular flexibility index (Phi) is 5.88. The summed E-state index contributed by atoms with van der Waals surface area (Å²) in [6.45, 7) is 7.27. The van der Waals surface area contributed by atoms with Gasteiger partial charge in [-0.1, -0.05) is 15.9 Å². The number of hydrogen-bond acceptors (Lipinski definition) is 5. The van der Waals surface area contributed by atoms with Crippen LogP contribution in [-0.4, -0.2) is 66.6 Å². The lowest BCUT2D eigenvalue weighted by molar-refractivity contribution is -0.154. The van der Waals surface area contributed by atoms with Crippen LogP contribution in [0, 0.1) is 5.41 Å². The number of benzene rings is 1. The minimum absolute atomic E-state index is 0.0165. The number of esters is 1. The second-order valence-electron chi connectivity index (χ2n) is 9.55. The summed E-state index contributed by atoms with van der Waals surface area (Å²) in [5.41, 5.74) is -0.115. The average molecular weight is 479 g/mol. The molecule has 164 valence electrons. The molecule has 0 saturated carbocycles. The Morgan fingerprint density at radius 2 is 1.97 bits per heavy atom. The molecule has 0 bridgehead atoms. The summed E-state index contributed by atoms with van der Waals surface area (Å²) in [5, 5.41) is 0. The lowest BCUT2D eigenvalue weighted by atomic mass is 9.74. The number of likely N-dealkylation sites (tertiary alicyclic amines) is 2. The fraction of sp³-hybridized carbons (Fsp3) is 0.652. The molecular formula is C23H31BrN2O4. The van der Waals surface area contributed by atoms with Gasteiger partial charge in [-0.3, -0.25) is 14.5 Å². The Bertz CT molecular complexity index is 834. The van der Waals surface area contributed by atoms with E-state index in [9.17, 15) is 9.59 Å². The van der Waals surface area contributed by atoms with Gasteiger partial charge in [0.25, 0.3) is 5.91 Å². The van der Waals surface area contributed by atoms with Crippen molar-refractivity contribution in [3.8, 4) is 5.75 Å². The van der Waals surface area contributed by atoms with Crippen LogP contribution in [0.1, 0.15) is 56.3 Å². The molecule has 6 nitrogen and oxygen atoms in total. The van der Waals surface area contributed by atoms with E-state index >= 15 is 0 Å². The van der Waals surface area contributed by atoms with E-state index in [1.165, 1.54) is 0 Å². The molecule has 3 fully saturated rings. The highest BCUT2D eigenvalue weighted by molar-refractivity contribution is 9.10. The standard InChI is InChI=1S/C23H31BrN2O4/c1-22(2)14-23(21(28)30-22)9-4-10-26(15-23)17-7-11-25(12-8-17)20(27)18-13-16(24)5-6-19(18)29-3/h5-6,13,17H,4,7-12,14-15H2,1-3H3. The summed E-state index contributed by atoms with van der Waals surface area (Å²) < 4.78 is 11.9. The maximum absolute atomic E-state index is 13.1. The van der Waals surface area contributed by atoms with Crippen LogP contribution >= 0.6 is 15.9 Å². The lowest BCUT2D eigenvalue weighted by Crippen LogP contribution is -2.53. The van der Waals surface area contributed by atoms with E-state index in [4.69, 9.17) is 9.47 Å². The number of amides is 1. The van der Waals surface area contributed by atoms with E-state index in [0.717, 1.165) is 62.8 Å². The molecule has 3 saturated heterocycles. The molecule has 3 aliphatic rings. The van der Waals surface area contributed by atoms with Gasteiger partial charge in [0, 0.05) is 36.6 Å². The third kappa shape index (κ3) is 4.11. The Labute approximate surface area is 187 Å². The summed E-state index contributed by atoms with van der Waals surface area (Å²) in [6, 6.07) is 5.94. The first kappa shape index (κ1) is 21.6. The van der Waals surface area contributed by atoms with Crippen molar-refractivity contribution in [2.75, 3.05) is 33.3 Å². The fourth-order valence-electron chi connectivity index (χ4n) is 5.52. The molecule has 0 radical (unpaired) electrons. The van der Waals surface area contributed by atoms with E-state index in [-0.39, 0.29) is 22.9 Å². The van der Waals surface area contributed by atoms with E-state index in [1.54, 1.807) is 7.11 Å². The number of halogens is 1. The van der Waals surface area contributed by atoms with Gasteiger partial charge in [0.05, 0.1) is 18.1 Å². The Hall–Kier alpha value is -1.60. The van der Waals surface area contributed by atoms with Crippen LogP contribution in [0.2, 0.25) is 0 Å². The van der Waals surface area contributed by atoms with Gasteiger partial charge in [0.1, 0.15) is 11.4 Å². The fourth-order valence-corrected chi connectivity index (χ4v) is 5.89. The van der Waals surface area contributed by atoms with E-state index in [1.807, 2.05) is 36.9 Å². The first-order valence-corrected chi connectivity index (χ1v) is 11.6. The number of hydrogen-bond donors (Lipinski definition) is 0. The van der Waals surface area contributed by atoms with Crippen LogP contribution in [0.4, 0.5) is 0 Å². The smallest absolute Gasteiger partial charge is 0.314 e. The molecular weight excluding hydrogens is 448 g/mol. The first-order valence-electron chi connectivity index (χ1n) is 10.8. The highest BCUT2D eigenvalue weighted by Crippen LogP contribution is 2.46. The highest BCUT2D eigenvalue weighted by Gasteiger charge is 2.54. The van der Waals surface area contributed by atoms with E-state index in [0.29, 0.717) is 17.4 Å². The summed E-state index contributed by atoms with van der Waals surface area (Å²) in [6.07, 6.45) is 4.61. The van der Waals surface area contributed by atoms with Gasteiger partial charge in [-0.15, -0.1) is 0 Å². The van der Waals surface area contributed by atoms with Crippen molar-refractivity contribution in [1.82, 2.24) is 9.80 Å². The predicted molar refractivity (Wildman–Crippen MR) is 118 cm³/mol. The molecule has 0 aliphatic carbocycles. The largest absolute Gasteiger partial charge is 0.496 e. The first-order chi connectivity index (χ1) is 14.2. The summed E-state index contributed by atoms with van der Waals surface area (Å²) in [5.74, 6) is 0.597. The number of methoxy groups -OCH3 is 1. The van der Waals surface area contributed by atoms with Gasteiger partial charge < -0.3 is 14.4 Å². The molecule has 1 aromatic rings. The van der Waals surface area contributed by atoms with Gasteiger partial charge in [0.15, 0.2) is 0 Å². The van der Waals surface area contributed by atoms with Gasteiger partial charge >= 0.3 is 5.97 Å². The maximum atomic E-state index is 13.1. The molecule has 7 heteroatoms. The normalized spacial score (nSPS) is 27.3. The molecule has 1 aromatic carbocycles. The molecule has 4 rings (SSSR count). The predicted octanol–water partition coefficient (Wildman–Crippen LogP) is 3.87. The zero-order valence-corrected chi connectivity index (χ0v) is 19.7. The summed E-state index contributed by atoms with van der Waals surface area (Å²) in [4.78, 5) is 30.2. The Morgan fingerprint density at radius 3 is 2.60 bits per heavy atom. The number of rotatable bonds is 3. The van der Waals surface area contributed by atoms with Gasteiger partial charge in [0.2, 0.25) is 0 Å². The van der Waals surface area contributed by atoms with Crippen LogP contribution < -0.4 is 4.74 Å². The van der Waals surface area contributed by atoms with Gasteiger partial charge in [-0.2, -0.15) is 0 Å². The topological polar surface area (TPSA) is 59.1 Å². The van der Waals surface area contributed by atoms with Crippen LogP contribution in [0.5, 0.6) is 5.75 Å². The average Bonchev–Trinajstić information content (AvgIpc) is 2.94. The van der Waals surface area contributed by atoms with Crippen LogP contribution in [0.3, 0.4) is 0 Å². The van der Waals surface area contributed by atoms with Crippen molar-refractivity contribution in [1.29, 1.82) is 0 Å². The SMILES string of the molecule is COc1ccc(Br)cc1C(=O)N1CCC(N2CCCC3(C2)CC(C)(C)OC3=O)CC1. The molecule has 0 aromatic heterocycles. The number of ether oxygens (including phenoxy) is 2. The molecule has 1 spiro atoms. The summed E-state index contributed by atoms with van der Waals surface area (Å²) in [7, 11) is 1.59. The molecule has 30 heavy (non-hydrogen) atoms. The van der Waals surface area contributed by atoms with Crippen LogP contribution in [-0.2, 0) is 9.53 Å². The second-order valence-corrected chi connectivity index (χ2v) is 10.5. The second kappa shape index (κ2) is 8.15. The summed E-state index contributed by atoms with van der Waals surface area (Å²) >= 11 is 3.45.